The fourth-order valence-electron chi connectivity index (χ4n) is 4.22. The molecule has 1 saturated heterocycles. The number of ether oxygens (including phenoxy) is 1. The highest BCUT2D eigenvalue weighted by molar-refractivity contribution is 5.85. The molecular formula is C27H25F3N6O3. The number of aromatic nitrogens is 2. The van der Waals surface area contributed by atoms with Gasteiger partial charge in [0.25, 0.3) is 0 Å². The van der Waals surface area contributed by atoms with Gasteiger partial charge in [0, 0.05) is 31.8 Å². The van der Waals surface area contributed by atoms with Gasteiger partial charge in [0.05, 0.1) is 17.3 Å². The van der Waals surface area contributed by atoms with Gasteiger partial charge in [-0.3, -0.25) is 4.79 Å². The molecule has 1 aromatic heterocycles. The molecule has 39 heavy (non-hydrogen) atoms. The van der Waals surface area contributed by atoms with Crippen molar-refractivity contribution in [1.29, 1.82) is 5.26 Å². The Bertz CT molecular complexity index is 1370. The largest absolute Gasteiger partial charge is 0.451 e. The van der Waals surface area contributed by atoms with Gasteiger partial charge in [-0.05, 0) is 61.2 Å². The van der Waals surface area contributed by atoms with Crippen LogP contribution < -0.4 is 20.3 Å². The van der Waals surface area contributed by atoms with Gasteiger partial charge in [-0.25, -0.2) is 14.8 Å². The zero-order chi connectivity index (χ0) is 28.0. The molecular weight excluding hydrogens is 513 g/mol. The maximum Gasteiger partial charge on any atom is 0.451 e. The Morgan fingerprint density at radius 2 is 1.85 bits per heavy atom. The Morgan fingerprint density at radius 3 is 2.49 bits per heavy atom. The van der Waals surface area contributed by atoms with Gasteiger partial charge >= 0.3 is 12.3 Å². The number of nitriles is 1. The van der Waals surface area contributed by atoms with Crippen molar-refractivity contribution in [1.82, 2.24) is 20.6 Å². The Hall–Kier alpha value is -4.66. The van der Waals surface area contributed by atoms with Gasteiger partial charge in [0.15, 0.2) is 0 Å². The first-order chi connectivity index (χ1) is 18.7. The van der Waals surface area contributed by atoms with E-state index < -0.39 is 24.1 Å². The van der Waals surface area contributed by atoms with Crippen LogP contribution in [0.2, 0.25) is 0 Å². The molecule has 2 heterocycles. The third-order valence-electron chi connectivity index (χ3n) is 6.18. The fourth-order valence-corrected chi connectivity index (χ4v) is 4.22. The van der Waals surface area contributed by atoms with Gasteiger partial charge in [-0.15, -0.1) is 0 Å². The minimum atomic E-state index is -4.80. The first-order valence-corrected chi connectivity index (χ1v) is 12.2. The lowest BCUT2D eigenvalue weighted by molar-refractivity contribution is -0.144. The molecule has 2 N–H and O–H groups in total. The summed E-state index contributed by atoms with van der Waals surface area (Å²) in [4.78, 5) is 33.4. The quantitative estimate of drug-likeness (QED) is 0.465. The highest BCUT2D eigenvalue weighted by atomic mass is 19.4. The van der Waals surface area contributed by atoms with Crippen molar-refractivity contribution < 1.29 is 27.5 Å². The van der Waals surface area contributed by atoms with E-state index >= 15 is 0 Å². The Morgan fingerprint density at radius 1 is 1.13 bits per heavy atom. The molecule has 1 fully saturated rings. The number of benzene rings is 2. The zero-order valence-corrected chi connectivity index (χ0v) is 21.0. The lowest BCUT2D eigenvalue weighted by atomic mass is 10.1. The van der Waals surface area contributed by atoms with E-state index in [-0.39, 0.29) is 23.2 Å². The Balaban J connectivity index is 1.52. The van der Waals surface area contributed by atoms with Crippen molar-refractivity contribution in [3.63, 3.8) is 0 Å². The summed E-state index contributed by atoms with van der Waals surface area (Å²) < 4.78 is 46.2. The van der Waals surface area contributed by atoms with E-state index in [1.807, 2.05) is 18.2 Å². The first-order valence-electron chi connectivity index (χ1n) is 12.2. The summed E-state index contributed by atoms with van der Waals surface area (Å²) in [5.41, 5.74) is 1.86. The molecule has 0 saturated carbocycles. The molecule has 202 valence electrons. The van der Waals surface area contributed by atoms with Crippen LogP contribution in [0.15, 0.2) is 54.6 Å². The number of anilines is 1. The van der Waals surface area contributed by atoms with Gasteiger partial charge in [-0.2, -0.15) is 18.4 Å². The molecule has 0 aliphatic carbocycles. The Labute approximate surface area is 222 Å². The van der Waals surface area contributed by atoms with Gasteiger partial charge in [0.2, 0.25) is 11.7 Å². The maximum absolute atomic E-state index is 13.7. The van der Waals surface area contributed by atoms with Gasteiger partial charge in [0.1, 0.15) is 17.6 Å². The predicted molar refractivity (Wildman–Crippen MR) is 136 cm³/mol. The minimum absolute atomic E-state index is 0.00255. The van der Waals surface area contributed by atoms with E-state index in [4.69, 9.17) is 10.00 Å². The van der Waals surface area contributed by atoms with Crippen molar-refractivity contribution in [2.24, 2.45) is 0 Å². The fraction of sp³-hybridized carbons (Fsp3) is 0.296. The van der Waals surface area contributed by atoms with Crippen LogP contribution in [0.1, 0.15) is 29.8 Å². The highest BCUT2D eigenvalue weighted by Crippen LogP contribution is 2.33. The third-order valence-corrected chi connectivity index (χ3v) is 6.18. The summed E-state index contributed by atoms with van der Waals surface area (Å²) in [6.45, 7) is 0.697. The van der Waals surface area contributed by atoms with E-state index in [9.17, 15) is 22.8 Å². The van der Waals surface area contributed by atoms with Crippen molar-refractivity contribution in [2.45, 2.75) is 31.5 Å². The molecule has 0 spiro atoms. The highest BCUT2D eigenvalue weighted by Gasteiger charge is 2.38. The molecule has 2 aromatic carbocycles. The number of amides is 2. The summed E-state index contributed by atoms with van der Waals surface area (Å²) >= 11 is 0. The summed E-state index contributed by atoms with van der Waals surface area (Å²) in [7, 11) is 1.40. The maximum atomic E-state index is 13.7. The number of alkyl halides is 3. The lowest BCUT2D eigenvalue weighted by Crippen LogP contribution is -2.44. The standard InChI is InChI=1S/C27H25F3N6O3/c1-32-26(38)39-20-10-8-19(9-11-20)21-15-23(35-25(34-21)27(28,29)30)36-14-2-3-22(36)24(37)33-13-12-17-4-6-18(16-31)7-5-17/h4-11,15,22H,2-3,12-14H2,1H3,(H,32,38)(H,33,37). The molecule has 3 aromatic rings. The summed E-state index contributed by atoms with van der Waals surface area (Å²) in [5, 5.41) is 14.1. The predicted octanol–water partition coefficient (Wildman–Crippen LogP) is 4.08. The van der Waals surface area contributed by atoms with Crippen LogP contribution in [0.4, 0.5) is 23.8 Å². The second kappa shape index (κ2) is 11.8. The summed E-state index contributed by atoms with van der Waals surface area (Å²) in [6, 6.07) is 15.7. The molecule has 4 rings (SSSR count). The van der Waals surface area contributed by atoms with E-state index in [1.165, 1.54) is 37.4 Å². The van der Waals surface area contributed by atoms with Crippen LogP contribution in [0.5, 0.6) is 5.75 Å². The number of halogens is 3. The van der Waals surface area contributed by atoms with Crippen LogP contribution in [-0.4, -0.2) is 48.1 Å². The zero-order valence-electron chi connectivity index (χ0n) is 21.0. The molecule has 1 aliphatic heterocycles. The smallest absolute Gasteiger partial charge is 0.410 e. The van der Waals surface area contributed by atoms with E-state index in [2.05, 4.69) is 20.6 Å². The second-order valence-electron chi connectivity index (χ2n) is 8.80. The SMILES string of the molecule is CNC(=O)Oc1ccc(-c2cc(N3CCCC3C(=O)NCCc3ccc(C#N)cc3)nc(C(F)(F)F)n2)cc1. The minimum Gasteiger partial charge on any atom is -0.410 e. The Kier molecular flexibility index (Phi) is 8.29. The topological polar surface area (TPSA) is 120 Å². The summed E-state index contributed by atoms with van der Waals surface area (Å²) in [5.74, 6) is -1.40. The van der Waals surface area contributed by atoms with Crippen molar-refractivity contribution in [3.8, 4) is 23.1 Å². The molecule has 9 nitrogen and oxygen atoms in total. The molecule has 1 unspecified atom stereocenters. The monoisotopic (exact) mass is 538 g/mol. The molecule has 0 bridgehead atoms. The lowest BCUT2D eigenvalue weighted by Gasteiger charge is -2.26. The van der Waals surface area contributed by atoms with Gasteiger partial charge < -0.3 is 20.3 Å². The second-order valence-corrected chi connectivity index (χ2v) is 8.80. The number of carbonyl (C=O) groups is 2. The van der Waals surface area contributed by atoms with Crippen LogP contribution in [0.25, 0.3) is 11.3 Å². The molecule has 1 aliphatic rings. The number of rotatable bonds is 7. The van der Waals surface area contributed by atoms with E-state index in [1.54, 1.807) is 17.0 Å². The first kappa shape index (κ1) is 27.4. The number of hydrogen-bond acceptors (Lipinski definition) is 7. The van der Waals surface area contributed by atoms with E-state index in [0.717, 1.165) is 5.56 Å². The number of nitrogens with zero attached hydrogens (tertiary/aromatic N) is 4. The number of hydrogen-bond donors (Lipinski definition) is 2. The van der Waals surface area contributed by atoms with Crippen LogP contribution in [-0.2, 0) is 17.4 Å². The van der Waals surface area contributed by atoms with Crippen LogP contribution >= 0.6 is 0 Å². The molecule has 0 radical (unpaired) electrons. The number of nitrogens with one attached hydrogen (secondary N) is 2. The van der Waals surface area contributed by atoms with E-state index in [0.29, 0.717) is 43.5 Å². The number of carbonyl (C=O) groups excluding carboxylic acids is 2. The summed E-state index contributed by atoms with van der Waals surface area (Å²) in [6.07, 6.45) is -3.86. The molecule has 2 amide bonds. The normalized spacial score (nSPS) is 14.9. The van der Waals surface area contributed by atoms with Crippen molar-refractivity contribution in [2.75, 3.05) is 25.0 Å². The van der Waals surface area contributed by atoms with Crippen molar-refractivity contribution >= 4 is 17.8 Å². The average Bonchev–Trinajstić information content (AvgIpc) is 3.43. The van der Waals surface area contributed by atoms with Crippen LogP contribution in [0, 0.1) is 11.3 Å². The van der Waals surface area contributed by atoms with Crippen molar-refractivity contribution in [3.05, 3.63) is 71.5 Å². The molecule has 12 heteroatoms. The average molecular weight is 539 g/mol. The van der Waals surface area contributed by atoms with Gasteiger partial charge in [-0.1, -0.05) is 12.1 Å². The third kappa shape index (κ3) is 6.81. The molecule has 1 atom stereocenters. The van der Waals surface area contributed by atoms with Crippen LogP contribution in [0.3, 0.4) is 0 Å².